The van der Waals surface area contributed by atoms with Gasteiger partial charge in [-0.3, -0.25) is 0 Å². The Morgan fingerprint density at radius 2 is 1.95 bits per heavy atom. The first-order chi connectivity index (χ1) is 9.22. The van der Waals surface area contributed by atoms with E-state index in [1.807, 2.05) is 36.4 Å². The van der Waals surface area contributed by atoms with Crippen molar-refractivity contribution in [1.82, 2.24) is 0 Å². The molecule has 0 unspecified atom stereocenters. The van der Waals surface area contributed by atoms with Crippen molar-refractivity contribution in [3.05, 3.63) is 62.7 Å². The maximum absolute atomic E-state index is 11.5. The Morgan fingerprint density at radius 1 is 1.16 bits per heavy atom. The number of carbonyl (C=O) groups is 1. The number of fused-ring (bicyclic) bond motifs is 1. The summed E-state index contributed by atoms with van der Waals surface area (Å²) < 4.78 is 11.9. The van der Waals surface area contributed by atoms with Crippen LogP contribution in [0.15, 0.2) is 42.5 Å². The van der Waals surface area contributed by atoms with Gasteiger partial charge in [0.2, 0.25) is 0 Å². The van der Waals surface area contributed by atoms with E-state index in [1.165, 1.54) is 3.57 Å². The van der Waals surface area contributed by atoms with Crippen LogP contribution in [0.25, 0.3) is 0 Å². The van der Waals surface area contributed by atoms with Crippen LogP contribution in [-0.4, -0.2) is 5.97 Å². The molecular formula is C15H11IO3. The summed E-state index contributed by atoms with van der Waals surface area (Å²) in [5.74, 6) is 0.422. The largest absolute Gasteiger partial charge is 0.489 e. The molecule has 0 spiro atoms. The maximum Gasteiger partial charge on any atom is 0.339 e. The van der Waals surface area contributed by atoms with Gasteiger partial charge in [0.05, 0.1) is 5.56 Å². The van der Waals surface area contributed by atoms with Gasteiger partial charge >= 0.3 is 5.97 Å². The molecule has 0 amide bonds. The summed E-state index contributed by atoms with van der Waals surface area (Å²) in [6.45, 7) is 0.857. The van der Waals surface area contributed by atoms with Crippen molar-refractivity contribution in [3.63, 3.8) is 0 Å². The van der Waals surface area contributed by atoms with Crippen molar-refractivity contribution < 1.29 is 14.3 Å². The second-order valence-electron chi connectivity index (χ2n) is 4.31. The van der Waals surface area contributed by atoms with E-state index in [9.17, 15) is 4.79 Å². The number of cyclic esters (lactones) is 1. The molecule has 1 heterocycles. The molecule has 1 aliphatic heterocycles. The van der Waals surface area contributed by atoms with Crippen molar-refractivity contribution in [2.75, 3.05) is 0 Å². The zero-order valence-electron chi connectivity index (χ0n) is 10.1. The summed E-state index contributed by atoms with van der Waals surface area (Å²) in [4.78, 5) is 11.5. The normalized spacial score (nSPS) is 13.0. The van der Waals surface area contributed by atoms with Gasteiger partial charge in [-0.2, -0.15) is 0 Å². The number of carbonyl (C=O) groups excluding carboxylic acids is 1. The summed E-state index contributed by atoms with van der Waals surface area (Å²) in [7, 11) is 0. The molecule has 4 heteroatoms. The van der Waals surface area contributed by atoms with Crippen LogP contribution in [0.5, 0.6) is 5.75 Å². The van der Waals surface area contributed by atoms with Crippen LogP contribution in [0.2, 0.25) is 0 Å². The summed E-state index contributed by atoms with van der Waals surface area (Å²) >= 11 is 2.27. The molecule has 3 nitrogen and oxygen atoms in total. The van der Waals surface area contributed by atoms with Gasteiger partial charge in [0.15, 0.2) is 0 Å². The number of ether oxygens (including phenoxy) is 2. The highest BCUT2D eigenvalue weighted by Crippen LogP contribution is 2.25. The predicted molar refractivity (Wildman–Crippen MR) is 79.1 cm³/mol. The molecule has 0 aromatic heterocycles. The van der Waals surface area contributed by atoms with E-state index in [0.717, 1.165) is 11.1 Å². The van der Waals surface area contributed by atoms with Crippen LogP contribution in [0.4, 0.5) is 0 Å². The topological polar surface area (TPSA) is 35.5 Å². The number of hydrogen-bond donors (Lipinski definition) is 0. The van der Waals surface area contributed by atoms with Crippen LogP contribution in [0.1, 0.15) is 21.5 Å². The monoisotopic (exact) mass is 366 g/mol. The van der Waals surface area contributed by atoms with Gasteiger partial charge in [-0.15, -0.1) is 0 Å². The highest BCUT2D eigenvalue weighted by atomic mass is 127. The summed E-state index contributed by atoms with van der Waals surface area (Å²) in [6.07, 6.45) is 0. The second kappa shape index (κ2) is 5.21. The minimum absolute atomic E-state index is 0.269. The van der Waals surface area contributed by atoms with Gasteiger partial charge in [-0.05, 0) is 52.4 Å². The minimum Gasteiger partial charge on any atom is -0.489 e. The summed E-state index contributed by atoms with van der Waals surface area (Å²) in [5.41, 5.74) is 2.63. The highest BCUT2D eigenvalue weighted by Gasteiger charge is 2.21. The molecule has 2 aromatic rings. The lowest BCUT2D eigenvalue weighted by molar-refractivity contribution is 0.0535. The smallest absolute Gasteiger partial charge is 0.339 e. The van der Waals surface area contributed by atoms with Crippen molar-refractivity contribution in [2.45, 2.75) is 13.2 Å². The molecule has 0 radical (unpaired) electrons. The first-order valence-electron chi connectivity index (χ1n) is 5.90. The van der Waals surface area contributed by atoms with Crippen molar-refractivity contribution in [2.24, 2.45) is 0 Å². The van der Waals surface area contributed by atoms with Gasteiger partial charge < -0.3 is 9.47 Å². The van der Waals surface area contributed by atoms with Crippen LogP contribution in [0.3, 0.4) is 0 Å². The molecule has 0 aliphatic carbocycles. The Hall–Kier alpha value is -1.56. The van der Waals surface area contributed by atoms with E-state index in [4.69, 9.17) is 9.47 Å². The zero-order valence-corrected chi connectivity index (χ0v) is 12.2. The second-order valence-corrected chi connectivity index (χ2v) is 5.56. The van der Waals surface area contributed by atoms with Crippen molar-refractivity contribution in [3.8, 4) is 5.75 Å². The standard InChI is InChI=1S/C15H11IO3/c16-12-4-1-10(2-5-12)8-18-13-6-3-11-9-19-15(17)14(11)7-13/h1-7H,8-9H2. The van der Waals surface area contributed by atoms with Crippen LogP contribution in [0, 0.1) is 3.57 Å². The maximum atomic E-state index is 11.5. The summed E-state index contributed by atoms with van der Waals surface area (Å²) in [5, 5.41) is 0. The van der Waals surface area contributed by atoms with E-state index in [-0.39, 0.29) is 5.97 Å². The van der Waals surface area contributed by atoms with Crippen LogP contribution < -0.4 is 4.74 Å². The fraction of sp³-hybridized carbons (Fsp3) is 0.133. The van der Waals surface area contributed by atoms with Gasteiger partial charge in [0, 0.05) is 9.13 Å². The third-order valence-corrected chi connectivity index (χ3v) is 3.70. The number of hydrogen-bond acceptors (Lipinski definition) is 3. The Morgan fingerprint density at radius 3 is 2.74 bits per heavy atom. The molecule has 0 fully saturated rings. The lowest BCUT2D eigenvalue weighted by atomic mass is 10.1. The number of rotatable bonds is 3. The molecule has 19 heavy (non-hydrogen) atoms. The molecule has 0 N–H and O–H groups in total. The Labute approximate surface area is 124 Å². The van der Waals surface area contributed by atoms with E-state index < -0.39 is 0 Å². The molecule has 0 saturated carbocycles. The van der Waals surface area contributed by atoms with Gasteiger partial charge in [0.25, 0.3) is 0 Å². The van der Waals surface area contributed by atoms with Gasteiger partial charge in [0.1, 0.15) is 19.0 Å². The molecule has 0 bridgehead atoms. The predicted octanol–water partition coefficient (Wildman–Crippen LogP) is 3.54. The van der Waals surface area contributed by atoms with E-state index >= 15 is 0 Å². The first-order valence-corrected chi connectivity index (χ1v) is 6.97. The average Bonchev–Trinajstić information content (AvgIpc) is 2.80. The first kappa shape index (κ1) is 12.5. The molecule has 96 valence electrons. The third kappa shape index (κ3) is 2.73. The quantitative estimate of drug-likeness (QED) is 0.616. The third-order valence-electron chi connectivity index (χ3n) is 2.98. The highest BCUT2D eigenvalue weighted by molar-refractivity contribution is 14.1. The van der Waals surface area contributed by atoms with Crippen LogP contribution >= 0.6 is 22.6 Å². The molecule has 0 atom stereocenters. The molecule has 3 rings (SSSR count). The molecule has 0 saturated heterocycles. The van der Waals surface area contributed by atoms with Crippen LogP contribution in [-0.2, 0) is 18.0 Å². The number of benzene rings is 2. The fourth-order valence-electron chi connectivity index (χ4n) is 1.93. The van der Waals surface area contributed by atoms with E-state index in [1.54, 1.807) is 6.07 Å². The Balaban J connectivity index is 1.72. The molecule has 2 aromatic carbocycles. The van der Waals surface area contributed by atoms with Gasteiger partial charge in [-0.1, -0.05) is 18.2 Å². The Bertz CT molecular complexity index is 620. The lowest BCUT2D eigenvalue weighted by Gasteiger charge is -2.07. The SMILES string of the molecule is O=C1OCc2ccc(OCc3ccc(I)cc3)cc21. The minimum atomic E-state index is -0.269. The van der Waals surface area contributed by atoms with Crippen molar-refractivity contribution >= 4 is 28.6 Å². The molecule has 1 aliphatic rings. The average molecular weight is 366 g/mol. The van der Waals surface area contributed by atoms with Gasteiger partial charge in [-0.25, -0.2) is 4.79 Å². The lowest BCUT2D eigenvalue weighted by Crippen LogP contribution is -1.98. The number of halogens is 1. The fourth-order valence-corrected chi connectivity index (χ4v) is 2.29. The summed E-state index contributed by atoms with van der Waals surface area (Å²) in [6, 6.07) is 13.6. The number of esters is 1. The van der Waals surface area contributed by atoms with Crippen molar-refractivity contribution in [1.29, 1.82) is 0 Å². The zero-order chi connectivity index (χ0) is 13.2. The molecular weight excluding hydrogens is 355 g/mol. The Kier molecular flexibility index (Phi) is 3.42. The van der Waals surface area contributed by atoms with E-state index in [0.29, 0.717) is 24.5 Å². The van der Waals surface area contributed by atoms with E-state index in [2.05, 4.69) is 22.6 Å².